The standard InChI is InChI=1S/C27H27ClF3N3O5/c1-26(2,36)4-3-12-5-14-21(16(29)6-12)13(9-27(14,30)31)7-17-15(28)8-18-24(32-17)34-25(33-18)39-20-11-38-22-19(35)10-37-23(20)22/h3-6,8,13,19-20,22-23,35-36H,7,9-11H2,1-2H3,(H,32,33,34)/b4-3+/t13?,19-,20-,22-,23-/m1/s1. The zero-order valence-corrected chi connectivity index (χ0v) is 21.9. The Hall–Kier alpha value is -2.70. The number of nitrogens with zero attached hydrogens (tertiary/aromatic N) is 2. The third-order valence-corrected chi connectivity index (χ3v) is 7.63. The molecular weight excluding hydrogens is 539 g/mol. The number of benzene rings is 1. The van der Waals surface area contributed by atoms with Gasteiger partial charge < -0.3 is 29.4 Å². The van der Waals surface area contributed by atoms with Crippen molar-refractivity contribution in [1.29, 1.82) is 0 Å². The molecule has 1 aromatic carbocycles. The molecule has 2 saturated heterocycles. The number of aromatic amines is 1. The molecule has 3 aliphatic rings. The van der Waals surface area contributed by atoms with Gasteiger partial charge in [0, 0.05) is 17.5 Å². The normalized spacial score (nSPS) is 27.9. The first kappa shape index (κ1) is 26.5. The highest BCUT2D eigenvalue weighted by Crippen LogP contribution is 2.51. The molecule has 1 unspecified atom stereocenters. The number of imidazole rings is 1. The van der Waals surface area contributed by atoms with Crippen molar-refractivity contribution in [2.75, 3.05) is 13.2 Å². The topological polar surface area (TPSA) is 110 Å². The number of halogens is 4. The van der Waals surface area contributed by atoms with Gasteiger partial charge in [-0.2, -0.15) is 4.98 Å². The van der Waals surface area contributed by atoms with E-state index in [0.717, 1.165) is 0 Å². The lowest BCUT2D eigenvalue weighted by atomic mass is 9.94. The van der Waals surface area contributed by atoms with Gasteiger partial charge in [0.25, 0.3) is 11.9 Å². The summed E-state index contributed by atoms with van der Waals surface area (Å²) in [6.07, 6.45) is 0.172. The first-order valence-electron chi connectivity index (χ1n) is 12.6. The molecule has 2 aliphatic heterocycles. The van der Waals surface area contributed by atoms with E-state index in [1.54, 1.807) is 6.07 Å². The van der Waals surface area contributed by atoms with Gasteiger partial charge in [0.15, 0.2) is 11.8 Å². The van der Waals surface area contributed by atoms with Crippen LogP contribution < -0.4 is 4.74 Å². The summed E-state index contributed by atoms with van der Waals surface area (Å²) in [6.45, 7) is 3.46. The number of nitrogens with one attached hydrogen (secondary N) is 1. The SMILES string of the molecule is CC(C)(O)/C=C/c1cc(F)c2c(c1)C(F)(F)CC2Cc1nc2nc(O[C@@H]3CO[C@H]4[C@@H]3OC[C@H]4O)[nH]c2cc1Cl. The van der Waals surface area contributed by atoms with Crippen LogP contribution in [-0.4, -0.2) is 68.4 Å². The van der Waals surface area contributed by atoms with Gasteiger partial charge in [0.05, 0.1) is 35.0 Å². The van der Waals surface area contributed by atoms with E-state index in [9.17, 15) is 10.2 Å². The van der Waals surface area contributed by atoms with Crippen molar-refractivity contribution in [3.63, 3.8) is 0 Å². The van der Waals surface area contributed by atoms with E-state index in [0.29, 0.717) is 11.2 Å². The highest BCUT2D eigenvalue weighted by Gasteiger charge is 2.49. The van der Waals surface area contributed by atoms with Gasteiger partial charge in [-0.25, -0.2) is 18.2 Å². The molecule has 0 radical (unpaired) electrons. The van der Waals surface area contributed by atoms with Gasteiger partial charge in [0.1, 0.15) is 24.1 Å². The fourth-order valence-corrected chi connectivity index (χ4v) is 5.73. The Labute approximate surface area is 226 Å². The summed E-state index contributed by atoms with van der Waals surface area (Å²) in [6, 6.07) is 4.19. The lowest BCUT2D eigenvalue weighted by Gasteiger charge is -2.15. The van der Waals surface area contributed by atoms with Gasteiger partial charge in [-0.05, 0) is 49.9 Å². The van der Waals surface area contributed by atoms with Crippen LogP contribution in [0.5, 0.6) is 6.01 Å². The summed E-state index contributed by atoms with van der Waals surface area (Å²) < 4.78 is 62.3. The fourth-order valence-electron chi connectivity index (χ4n) is 5.50. The number of hydrogen-bond acceptors (Lipinski definition) is 7. The van der Waals surface area contributed by atoms with Gasteiger partial charge >= 0.3 is 0 Å². The van der Waals surface area contributed by atoms with Crippen molar-refractivity contribution < 1.29 is 37.6 Å². The van der Waals surface area contributed by atoms with Gasteiger partial charge in [-0.3, -0.25) is 0 Å². The summed E-state index contributed by atoms with van der Waals surface area (Å²) in [5.74, 6) is -4.83. The summed E-state index contributed by atoms with van der Waals surface area (Å²) in [7, 11) is 0. The van der Waals surface area contributed by atoms with Crippen molar-refractivity contribution in [3.05, 3.63) is 57.5 Å². The summed E-state index contributed by atoms with van der Waals surface area (Å²) in [5.41, 5.74) is -0.290. The Morgan fingerprint density at radius 2 is 1.97 bits per heavy atom. The molecule has 3 aromatic rings. The third-order valence-electron chi connectivity index (χ3n) is 7.30. The zero-order valence-electron chi connectivity index (χ0n) is 21.1. The van der Waals surface area contributed by atoms with Crippen LogP contribution in [0.15, 0.2) is 24.3 Å². The minimum absolute atomic E-state index is 0.0118. The maximum Gasteiger partial charge on any atom is 0.296 e. The maximum atomic E-state index is 15.2. The number of alkyl halides is 2. The Morgan fingerprint density at radius 3 is 2.74 bits per heavy atom. The second kappa shape index (κ2) is 9.45. The van der Waals surface area contributed by atoms with E-state index in [1.807, 2.05) is 0 Å². The quantitative estimate of drug-likeness (QED) is 0.410. The smallest absolute Gasteiger partial charge is 0.296 e. The fraction of sp³-hybridized carbons (Fsp3) is 0.481. The van der Waals surface area contributed by atoms with Crippen LogP contribution in [0.25, 0.3) is 17.2 Å². The van der Waals surface area contributed by atoms with E-state index in [-0.39, 0.29) is 53.0 Å². The number of aromatic nitrogens is 3. The molecule has 0 spiro atoms. The van der Waals surface area contributed by atoms with Crippen LogP contribution in [0.1, 0.15) is 48.6 Å². The highest BCUT2D eigenvalue weighted by atomic mass is 35.5. The average molecular weight is 566 g/mol. The molecule has 208 valence electrons. The highest BCUT2D eigenvalue weighted by molar-refractivity contribution is 6.31. The van der Waals surface area contributed by atoms with Crippen LogP contribution in [-0.2, 0) is 21.8 Å². The number of pyridine rings is 1. The van der Waals surface area contributed by atoms with Crippen molar-refractivity contribution in [2.24, 2.45) is 0 Å². The Kier molecular flexibility index (Phi) is 6.42. The number of ether oxygens (including phenoxy) is 3. The van der Waals surface area contributed by atoms with E-state index in [4.69, 9.17) is 25.8 Å². The first-order chi connectivity index (χ1) is 18.4. The summed E-state index contributed by atoms with van der Waals surface area (Å²) >= 11 is 6.46. The first-order valence-corrected chi connectivity index (χ1v) is 13.0. The van der Waals surface area contributed by atoms with Crippen molar-refractivity contribution in [2.45, 2.75) is 68.5 Å². The molecule has 4 heterocycles. The molecule has 1 aliphatic carbocycles. The number of aliphatic hydroxyl groups is 2. The van der Waals surface area contributed by atoms with Crippen LogP contribution >= 0.6 is 11.6 Å². The summed E-state index contributed by atoms with van der Waals surface area (Å²) in [5, 5.41) is 20.0. The average Bonchev–Trinajstić information content (AvgIpc) is 3.58. The lowest BCUT2D eigenvalue weighted by molar-refractivity contribution is -0.00683. The van der Waals surface area contributed by atoms with Gasteiger partial charge in [-0.15, -0.1) is 0 Å². The lowest BCUT2D eigenvalue weighted by Crippen LogP contribution is -2.34. The van der Waals surface area contributed by atoms with E-state index in [1.165, 1.54) is 38.1 Å². The van der Waals surface area contributed by atoms with E-state index < -0.39 is 54.1 Å². The van der Waals surface area contributed by atoms with E-state index in [2.05, 4.69) is 15.0 Å². The van der Waals surface area contributed by atoms with Crippen LogP contribution in [0, 0.1) is 5.82 Å². The van der Waals surface area contributed by atoms with Crippen molar-refractivity contribution in [3.8, 4) is 6.01 Å². The Bertz CT molecular complexity index is 1460. The number of rotatable bonds is 6. The molecule has 5 atom stereocenters. The Balaban J connectivity index is 1.24. The predicted octanol–water partition coefficient (Wildman–Crippen LogP) is 4.26. The van der Waals surface area contributed by atoms with Gasteiger partial charge in [0.2, 0.25) is 0 Å². The molecule has 0 bridgehead atoms. The molecule has 6 rings (SSSR count). The molecule has 0 saturated carbocycles. The minimum Gasteiger partial charge on any atom is -0.456 e. The molecule has 39 heavy (non-hydrogen) atoms. The number of H-pyrrole nitrogens is 1. The molecule has 2 aromatic heterocycles. The maximum absolute atomic E-state index is 15.2. The molecule has 3 N–H and O–H groups in total. The number of fused-ring (bicyclic) bond motifs is 3. The van der Waals surface area contributed by atoms with Crippen LogP contribution in [0.2, 0.25) is 5.02 Å². The number of aliphatic hydroxyl groups excluding tert-OH is 1. The Morgan fingerprint density at radius 1 is 1.21 bits per heavy atom. The van der Waals surface area contributed by atoms with Crippen LogP contribution in [0.4, 0.5) is 13.2 Å². The molecule has 2 fully saturated rings. The molecule has 8 nitrogen and oxygen atoms in total. The van der Waals surface area contributed by atoms with Crippen molar-refractivity contribution in [1.82, 2.24) is 15.0 Å². The van der Waals surface area contributed by atoms with Gasteiger partial charge in [-0.1, -0.05) is 23.8 Å². The van der Waals surface area contributed by atoms with Crippen LogP contribution in [0.3, 0.4) is 0 Å². The summed E-state index contributed by atoms with van der Waals surface area (Å²) in [4.78, 5) is 11.8. The largest absolute Gasteiger partial charge is 0.456 e. The second-order valence-corrected chi connectivity index (χ2v) is 11.3. The number of hydrogen-bond donors (Lipinski definition) is 3. The zero-order chi connectivity index (χ0) is 27.7. The van der Waals surface area contributed by atoms with E-state index >= 15 is 13.2 Å². The minimum atomic E-state index is -3.24. The van der Waals surface area contributed by atoms with Crippen molar-refractivity contribution >= 4 is 28.8 Å². The third kappa shape index (κ3) is 5.02. The predicted molar refractivity (Wildman–Crippen MR) is 135 cm³/mol. The second-order valence-electron chi connectivity index (χ2n) is 10.9. The molecule has 0 amide bonds. The molecule has 12 heteroatoms. The molecular formula is C27H27ClF3N3O5. The monoisotopic (exact) mass is 565 g/mol.